The van der Waals surface area contributed by atoms with Gasteiger partial charge in [-0.1, -0.05) is 12.1 Å². The molecule has 27 heavy (non-hydrogen) atoms. The normalized spacial score (nSPS) is 10.7. The first kappa shape index (κ1) is 20.2. The summed E-state index contributed by atoms with van der Waals surface area (Å²) < 4.78 is 15.5. The third kappa shape index (κ3) is 5.20. The van der Waals surface area contributed by atoms with E-state index in [1.54, 1.807) is 38.5 Å². The van der Waals surface area contributed by atoms with Gasteiger partial charge in [0.1, 0.15) is 0 Å². The minimum absolute atomic E-state index is 0.219. The Morgan fingerprint density at radius 2 is 1.56 bits per heavy atom. The molecule has 0 aromatic heterocycles. The lowest BCUT2D eigenvalue weighted by Crippen LogP contribution is -2.14. The molecule has 5 heteroatoms. The molecule has 0 N–H and O–H groups in total. The first-order valence-corrected chi connectivity index (χ1v) is 8.53. The van der Waals surface area contributed by atoms with Crippen LogP contribution in [-0.4, -0.2) is 32.6 Å². The van der Waals surface area contributed by atoms with Crippen LogP contribution in [-0.2, 0) is 9.53 Å². The molecule has 0 atom stereocenters. The van der Waals surface area contributed by atoms with Gasteiger partial charge in [-0.05, 0) is 67.3 Å². The topological polar surface area (TPSA) is 61.8 Å². The number of esters is 1. The third-order valence-corrected chi connectivity index (χ3v) is 4.31. The number of ether oxygens (including phenoxy) is 3. The predicted molar refractivity (Wildman–Crippen MR) is 105 cm³/mol. The van der Waals surface area contributed by atoms with Crippen molar-refractivity contribution in [3.8, 4) is 11.5 Å². The Balaban J connectivity index is 1.99. The van der Waals surface area contributed by atoms with Crippen LogP contribution in [0.15, 0.2) is 36.4 Å². The van der Waals surface area contributed by atoms with Crippen LogP contribution in [0, 0.1) is 20.8 Å². The van der Waals surface area contributed by atoms with Crippen molar-refractivity contribution < 1.29 is 23.8 Å². The van der Waals surface area contributed by atoms with E-state index in [1.165, 1.54) is 6.08 Å². The van der Waals surface area contributed by atoms with Gasteiger partial charge in [0.05, 0.1) is 14.2 Å². The molecule has 0 aliphatic heterocycles. The molecule has 2 aromatic rings. The number of aryl methyl sites for hydroxylation is 3. The molecule has 142 valence electrons. The van der Waals surface area contributed by atoms with Crippen molar-refractivity contribution in [2.45, 2.75) is 20.8 Å². The molecule has 0 saturated heterocycles. The van der Waals surface area contributed by atoms with E-state index in [0.29, 0.717) is 17.1 Å². The van der Waals surface area contributed by atoms with E-state index in [9.17, 15) is 9.59 Å². The zero-order valence-electron chi connectivity index (χ0n) is 16.3. The number of carbonyl (C=O) groups excluding carboxylic acids is 2. The standard InChI is InChI=1S/C22H24O5/c1-14-10-16(3)18(11-15(14)2)19(23)13-27-22(24)9-7-17-6-8-20(25-4)21(12-17)26-5/h6-12H,13H2,1-5H3/b9-7+. The maximum atomic E-state index is 12.3. The van der Waals surface area contributed by atoms with Crippen molar-refractivity contribution in [3.63, 3.8) is 0 Å². The van der Waals surface area contributed by atoms with Gasteiger partial charge in [-0.3, -0.25) is 4.79 Å². The lowest BCUT2D eigenvalue weighted by molar-refractivity contribution is -0.136. The molecule has 0 amide bonds. The second-order valence-corrected chi connectivity index (χ2v) is 6.23. The van der Waals surface area contributed by atoms with Gasteiger partial charge in [-0.15, -0.1) is 0 Å². The van der Waals surface area contributed by atoms with Gasteiger partial charge in [0.2, 0.25) is 5.78 Å². The van der Waals surface area contributed by atoms with Crippen molar-refractivity contribution in [1.82, 2.24) is 0 Å². The molecule has 2 aromatic carbocycles. The molecule has 2 rings (SSSR count). The smallest absolute Gasteiger partial charge is 0.331 e. The molecule has 0 heterocycles. The molecule has 0 saturated carbocycles. The Hall–Kier alpha value is -3.08. The first-order chi connectivity index (χ1) is 12.8. The second kappa shape index (κ2) is 9.03. The van der Waals surface area contributed by atoms with Gasteiger partial charge in [0, 0.05) is 11.6 Å². The van der Waals surface area contributed by atoms with E-state index in [1.807, 2.05) is 32.9 Å². The number of hydrogen-bond acceptors (Lipinski definition) is 5. The van der Waals surface area contributed by atoms with Crippen molar-refractivity contribution >= 4 is 17.8 Å². The van der Waals surface area contributed by atoms with E-state index in [-0.39, 0.29) is 12.4 Å². The summed E-state index contributed by atoms with van der Waals surface area (Å²) in [6.07, 6.45) is 2.87. The Bertz CT molecular complexity index is 881. The summed E-state index contributed by atoms with van der Waals surface area (Å²) in [6, 6.07) is 9.07. The van der Waals surface area contributed by atoms with Crippen LogP contribution >= 0.6 is 0 Å². The monoisotopic (exact) mass is 368 g/mol. The van der Waals surface area contributed by atoms with Gasteiger partial charge < -0.3 is 14.2 Å². The maximum Gasteiger partial charge on any atom is 0.331 e. The fourth-order valence-electron chi connectivity index (χ4n) is 2.64. The van der Waals surface area contributed by atoms with Crippen molar-refractivity contribution in [3.05, 3.63) is 64.2 Å². The number of Topliss-reactive ketones (excluding diaryl/α,β-unsaturated/α-hetero) is 1. The van der Waals surface area contributed by atoms with Gasteiger partial charge >= 0.3 is 5.97 Å². The average molecular weight is 368 g/mol. The zero-order valence-corrected chi connectivity index (χ0v) is 16.3. The summed E-state index contributed by atoms with van der Waals surface area (Å²) in [5.74, 6) is 0.364. The van der Waals surface area contributed by atoms with E-state index in [2.05, 4.69) is 0 Å². The Morgan fingerprint density at radius 3 is 2.22 bits per heavy atom. The lowest BCUT2D eigenvalue weighted by atomic mass is 9.98. The summed E-state index contributed by atoms with van der Waals surface area (Å²) >= 11 is 0. The van der Waals surface area contributed by atoms with Crippen LogP contribution in [0.4, 0.5) is 0 Å². The molecule has 0 unspecified atom stereocenters. The van der Waals surface area contributed by atoms with Gasteiger partial charge in [-0.2, -0.15) is 0 Å². The first-order valence-electron chi connectivity index (χ1n) is 8.53. The van der Waals surface area contributed by atoms with Crippen LogP contribution in [0.1, 0.15) is 32.6 Å². The number of benzene rings is 2. The fourth-order valence-corrected chi connectivity index (χ4v) is 2.64. The van der Waals surface area contributed by atoms with Crippen molar-refractivity contribution in [1.29, 1.82) is 0 Å². The van der Waals surface area contributed by atoms with Crippen LogP contribution in [0.2, 0.25) is 0 Å². The summed E-state index contributed by atoms with van der Waals surface area (Å²) in [5.41, 5.74) is 4.36. The van der Waals surface area contributed by atoms with Gasteiger partial charge in [-0.25, -0.2) is 4.79 Å². The molecular weight excluding hydrogens is 344 g/mol. The highest BCUT2D eigenvalue weighted by molar-refractivity contribution is 6.00. The van der Waals surface area contributed by atoms with Crippen molar-refractivity contribution in [2.75, 3.05) is 20.8 Å². The minimum atomic E-state index is -0.584. The van der Waals surface area contributed by atoms with E-state index in [4.69, 9.17) is 14.2 Å². The SMILES string of the molecule is COc1ccc(/C=C/C(=O)OCC(=O)c2cc(C)c(C)cc2C)cc1OC. The second-order valence-electron chi connectivity index (χ2n) is 6.23. The van der Waals surface area contributed by atoms with Crippen LogP contribution < -0.4 is 9.47 Å². The number of carbonyl (C=O) groups is 2. The highest BCUT2D eigenvalue weighted by atomic mass is 16.5. The largest absolute Gasteiger partial charge is 0.493 e. The summed E-state index contributed by atoms with van der Waals surface area (Å²) in [4.78, 5) is 24.2. The van der Waals surface area contributed by atoms with Crippen LogP contribution in [0.3, 0.4) is 0 Å². The Kier molecular flexibility index (Phi) is 6.77. The van der Waals surface area contributed by atoms with Crippen LogP contribution in [0.5, 0.6) is 11.5 Å². The molecule has 0 fully saturated rings. The minimum Gasteiger partial charge on any atom is -0.493 e. The number of ketones is 1. The number of rotatable bonds is 7. The van der Waals surface area contributed by atoms with Crippen molar-refractivity contribution in [2.24, 2.45) is 0 Å². The van der Waals surface area contributed by atoms with E-state index in [0.717, 1.165) is 22.3 Å². The highest BCUT2D eigenvalue weighted by Gasteiger charge is 2.12. The highest BCUT2D eigenvalue weighted by Crippen LogP contribution is 2.28. The molecule has 0 aliphatic carbocycles. The Labute approximate surface area is 159 Å². The summed E-state index contributed by atoms with van der Waals surface area (Å²) in [5, 5.41) is 0. The summed E-state index contributed by atoms with van der Waals surface area (Å²) in [7, 11) is 3.10. The predicted octanol–water partition coefficient (Wildman–Crippen LogP) is 4.07. The van der Waals surface area contributed by atoms with Crippen LogP contribution in [0.25, 0.3) is 6.08 Å². The zero-order chi connectivity index (χ0) is 20.0. The number of hydrogen-bond donors (Lipinski definition) is 0. The maximum absolute atomic E-state index is 12.3. The lowest BCUT2D eigenvalue weighted by Gasteiger charge is -2.09. The fraction of sp³-hybridized carbons (Fsp3) is 0.273. The average Bonchev–Trinajstić information content (AvgIpc) is 2.66. The number of methoxy groups -OCH3 is 2. The molecule has 0 spiro atoms. The molecule has 0 bridgehead atoms. The molecule has 5 nitrogen and oxygen atoms in total. The Morgan fingerprint density at radius 1 is 0.889 bits per heavy atom. The van der Waals surface area contributed by atoms with Gasteiger partial charge in [0.25, 0.3) is 0 Å². The quantitative estimate of drug-likeness (QED) is 0.419. The summed E-state index contributed by atoms with van der Waals surface area (Å²) in [6.45, 7) is 5.52. The molecule has 0 radical (unpaired) electrons. The third-order valence-electron chi connectivity index (χ3n) is 4.31. The van der Waals surface area contributed by atoms with E-state index < -0.39 is 5.97 Å². The van der Waals surface area contributed by atoms with Gasteiger partial charge in [0.15, 0.2) is 18.1 Å². The molecular formula is C22H24O5. The van der Waals surface area contributed by atoms with E-state index >= 15 is 0 Å². The molecule has 0 aliphatic rings.